The lowest BCUT2D eigenvalue weighted by Crippen LogP contribution is -2.60. The molecule has 0 radical (unpaired) electrons. The zero-order valence-electron chi connectivity index (χ0n) is 11.2. The lowest BCUT2D eigenvalue weighted by Gasteiger charge is -2.51. The van der Waals surface area contributed by atoms with Crippen LogP contribution in [-0.4, -0.2) is 42.7 Å². The van der Waals surface area contributed by atoms with Gasteiger partial charge in [-0.05, 0) is 38.5 Å². The average Bonchev–Trinajstić information content (AvgIpc) is 2.99. The predicted molar refractivity (Wildman–Crippen MR) is 68.2 cm³/mol. The van der Waals surface area contributed by atoms with Gasteiger partial charge < -0.3 is 20.3 Å². The fraction of sp³-hybridized carbons (Fsp3) is 1.00. The SMILES string of the molecule is COC1CCCC(O)(C2(CN)CC3CCC2O3)C1. The largest absolute Gasteiger partial charge is 0.389 e. The Hall–Kier alpha value is -0.160. The Morgan fingerprint density at radius 2 is 2.17 bits per heavy atom. The fourth-order valence-electron chi connectivity index (χ4n) is 4.55. The van der Waals surface area contributed by atoms with Crippen molar-refractivity contribution in [1.29, 1.82) is 0 Å². The molecule has 4 heteroatoms. The quantitative estimate of drug-likeness (QED) is 0.795. The molecule has 0 amide bonds. The van der Waals surface area contributed by atoms with Crippen molar-refractivity contribution in [3.63, 3.8) is 0 Å². The molecule has 1 aliphatic carbocycles. The summed E-state index contributed by atoms with van der Waals surface area (Å²) in [6, 6.07) is 0. The molecule has 2 saturated heterocycles. The molecule has 5 unspecified atom stereocenters. The molecule has 2 heterocycles. The molecule has 18 heavy (non-hydrogen) atoms. The molecule has 0 aromatic carbocycles. The van der Waals surface area contributed by atoms with E-state index >= 15 is 0 Å². The number of hydrogen-bond donors (Lipinski definition) is 2. The van der Waals surface area contributed by atoms with E-state index in [1.807, 2.05) is 0 Å². The maximum atomic E-state index is 11.2. The van der Waals surface area contributed by atoms with E-state index in [0.29, 0.717) is 19.1 Å². The first-order valence-electron chi connectivity index (χ1n) is 7.24. The number of ether oxygens (including phenoxy) is 2. The molecule has 2 aliphatic heterocycles. The topological polar surface area (TPSA) is 64.7 Å². The van der Waals surface area contributed by atoms with Crippen LogP contribution in [0.25, 0.3) is 0 Å². The van der Waals surface area contributed by atoms with E-state index in [1.54, 1.807) is 7.11 Å². The second-order valence-electron chi connectivity index (χ2n) is 6.37. The summed E-state index contributed by atoms with van der Waals surface area (Å²) in [5, 5.41) is 11.2. The highest BCUT2D eigenvalue weighted by molar-refractivity contribution is 5.13. The van der Waals surface area contributed by atoms with Crippen LogP contribution in [0, 0.1) is 5.41 Å². The zero-order valence-corrected chi connectivity index (χ0v) is 11.2. The van der Waals surface area contributed by atoms with Crippen LogP contribution in [0.4, 0.5) is 0 Å². The van der Waals surface area contributed by atoms with Crippen LogP contribution < -0.4 is 5.73 Å². The first-order valence-corrected chi connectivity index (χ1v) is 7.24. The summed E-state index contributed by atoms with van der Waals surface area (Å²) in [5.41, 5.74) is 5.15. The van der Waals surface area contributed by atoms with Crippen LogP contribution in [0.2, 0.25) is 0 Å². The van der Waals surface area contributed by atoms with Gasteiger partial charge in [0.15, 0.2) is 0 Å². The Balaban J connectivity index is 1.86. The molecular weight excluding hydrogens is 230 g/mol. The van der Waals surface area contributed by atoms with Crippen molar-refractivity contribution < 1.29 is 14.6 Å². The minimum atomic E-state index is -0.694. The van der Waals surface area contributed by atoms with Crippen molar-refractivity contribution in [2.75, 3.05) is 13.7 Å². The summed E-state index contributed by atoms with van der Waals surface area (Å²) in [6.45, 7) is 0.529. The van der Waals surface area contributed by atoms with Crippen LogP contribution >= 0.6 is 0 Å². The van der Waals surface area contributed by atoms with Gasteiger partial charge in [0.1, 0.15) is 0 Å². The van der Waals surface area contributed by atoms with Crippen LogP contribution in [0.3, 0.4) is 0 Å². The third kappa shape index (κ3) is 1.66. The van der Waals surface area contributed by atoms with Crippen molar-refractivity contribution in [2.45, 2.75) is 68.9 Å². The van der Waals surface area contributed by atoms with Gasteiger partial charge in [0, 0.05) is 25.5 Å². The molecule has 4 nitrogen and oxygen atoms in total. The van der Waals surface area contributed by atoms with Crippen LogP contribution in [0.15, 0.2) is 0 Å². The first-order chi connectivity index (χ1) is 8.63. The van der Waals surface area contributed by atoms with Gasteiger partial charge in [0.05, 0.1) is 23.9 Å². The van der Waals surface area contributed by atoms with Crippen molar-refractivity contribution in [3.8, 4) is 0 Å². The van der Waals surface area contributed by atoms with Gasteiger partial charge >= 0.3 is 0 Å². The standard InChI is InChI=1S/C14H25NO3/c1-17-10-3-2-6-14(16,8-10)13(9-15)7-11-4-5-12(13)18-11/h10-12,16H,2-9,15H2,1H3. The summed E-state index contributed by atoms with van der Waals surface area (Å²) in [7, 11) is 1.74. The summed E-state index contributed by atoms with van der Waals surface area (Å²) >= 11 is 0. The highest BCUT2D eigenvalue weighted by Gasteiger charge is 2.62. The van der Waals surface area contributed by atoms with E-state index in [2.05, 4.69) is 0 Å². The molecule has 3 fully saturated rings. The molecule has 1 saturated carbocycles. The molecule has 5 atom stereocenters. The van der Waals surface area contributed by atoms with Gasteiger partial charge in [-0.1, -0.05) is 0 Å². The summed E-state index contributed by atoms with van der Waals surface area (Å²) in [5.74, 6) is 0. The second-order valence-corrected chi connectivity index (χ2v) is 6.37. The molecular formula is C14H25NO3. The minimum absolute atomic E-state index is 0.160. The Morgan fingerprint density at radius 3 is 2.72 bits per heavy atom. The maximum Gasteiger partial charge on any atom is 0.0766 e. The highest BCUT2D eigenvalue weighted by atomic mass is 16.5. The Bertz CT molecular complexity index is 324. The van der Waals surface area contributed by atoms with Gasteiger partial charge in [-0.25, -0.2) is 0 Å². The van der Waals surface area contributed by atoms with Gasteiger partial charge in [-0.15, -0.1) is 0 Å². The molecule has 0 aromatic rings. The van der Waals surface area contributed by atoms with Crippen LogP contribution in [0.5, 0.6) is 0 Å². The third-order valence-corrected chi connectivity index (χ3v) is 5.62. The van der Waals surface area contributed by atoms with E-state index in [0.717, 1.165) is 38.5 Å². The molecule has 104 valence electrons. The Kier molecular flexibility index (Phi) is 3.17. The zero-order chi connectivity index (χ0) is 12.8. The van der Waals surface area contributed by atoms with Crippen molar-refractivity contribution in [2.24, 2.45) is 11.1 Å². The minimum Gasteiger partial charge on any atom is -0.389 e. The highest BCUT2D eigenvalue weighted by Crippen LogP contribution is 2.56. The Morgan fingerprint density at radius 1 is 1.33 bits per heavy atom. The second kappa shape index (κ2) is 4.44. The van der Waals surface area contributed by atoms with E-state index in [1.165, 1.54) is 0 Å². The van der Waals surface area contributed by atoms with E-state index in [9.17, 15) is 5.11 Å². The smallest absolute Gasteiger partial charge is 0.0766 e. The number of rotatable bonds is 3. The fourth-order valence-corrected chi connectivity index (χ4v) is 4.55. The van der Waals surface area contributed by atoms with Crippen molar-refractivity contribution in [1.82, 2.24) is 0 Å². The molecule has 3 N–H and O–H groups in total. The van der Waals surface area contributed by atoms with Crippen LogP contribution in [0.1, 0.15) is 44.9 Å². The summed E-state index contributed by atoms with van der Waals surface area (Å²) < 4.78 is 11.5. The Labute approximate surface area is 109 Å². The molecule has 0 aromatic heterocycles. The summed E-state index contributed by atoms with van der Waals surface area (Å²) in [4.78, 5) is 0. The first kappa shape index (κ1) is 12.9. The molecule has 2 bridgehead atoms. The van der Waals surface area contributed by atoms with Gasteiger partial charge in [-0.3, -0.25) is 0 Å². The molecule has 3 aliphatic rings. The van der Waals surface area contributed by atoms with Crippen molar-refractivity contribution >= 4 is 0 Å². The summed E-state index contributed by atoms with van der Waals surface area (Å²) in [6.07, 6.45) is 7.41. The van der Waals surface area contributed by atoms with E-state index in [-0.39, 0.29) is 17.6 Å². The maximum absolute atomic E-state index is 11.2. The number of hydrogen-bond acceptors (Lipinski definition) is 4. The van der Waals surface area contributed by atoms with Crippen molar-refractivity contribution in [3.05, 3.63) is 0 Å². The third-order valence-electron chi connectivity index (χ3n) is 5.62. The average molecular weight is 255 g/mol. The number of nitrogens with two attached hydrogens (primary N) is 1. The van der Waals surface area contributed by atoms with Gasteiger partial charge in [0.25, 0.3) is 0 Å². The molecule has 3 rings (SSSR count). The lowest BCUT2D eigenvalue weighted by molar-refractivity contribution is -0.156. The lowest BCUT2D eigenvalue weighted by atomic mass is 9.58. The predicted octanol–water partition coefficient (Wildman–Crippen LogP) is 1.20. The number of aliphatic hydroxyl groups is 1. The van der Waals surface area contributed by atoms with E-state index < -0.39 is 5.60 Å². The van der Waals surface area contributed by atoms with E-state index in [4.69, 9.17) is 15.2 Å². The normalized spacial score (nSPS) is 51.8. The number of methoxy groups -OCH3 is 1. The van der Waals surface area contributed by atoms with Crippen LogP contribution in [-0.2, 0) is 9.47 Å². The number of fused-ring (bicyclic) bond motifs is 2. The van der Waals surface area contributed by atoms with Gasteiger partial charge in [-0.2, -0.15) is 0 Å². The van der Waals surface area contributed by atoms with Gasteiger partial charge in [0.2, 0.25) is 0 Å². The monoisotopic (exact) mass is 255 g/mol. The molecule has 0 spiro atoms.